The van der Waals surface area contributed by atoms with Crippen LogP contribution < -0.4 is 15.1 Å². The summed E-state index contributed by atoms with van der Waals surface area (Å²) in [4.78, 5) is 11.6. The molecular weight excluding hydrogens is 316 g/mol. The number of hydrogen-bond acceptors (Lipinski definition) is 7. The van der Waals surface area contributed by atoms with Crippen LogP contribution in [0, 0.1) is 0 Å². The molecule has 0 amide bonds. The lowest BCUT2D eigenvalue weighted by atomic mass is 10.0. The second-order valence-electron chi connectivity index (χ2n) is 6.00. The van der Waals surface area contributed by atoms with Crippen LogP contribution >= 0.6 is 0 Å². The Morgan fingerprint density at radius 2 is 1.88 bits per heavy atom. The van der Waals surface area contributed by atoms with Gasteiger partial charge in [-0.15, -0.1) is 0 Å². The Bertz CT molecular complexity index is 930. The largest absolute Gasteiger partial charge is 0.495 e. The summed E-state index contributed by atoms with van der Waals surface area (Å²) in [5, 5.41) is 21.0. The number of ether oxygens (including phenoxy) is 2. The fraction of sp³-hybridized carbons (Fsp3) is 0.353. The van der Waals surface area contributed by atoms with E-state index in [-0.39, 0.29) is 17.9 Å². The molecule has 0 spiro atoms. The zero-order valence-corrected chi connectivity index (χ0v) is 13.5. The average Bonchev–Trinajstić information content (AvgIpc) is 2.99. The standard InChI is InChI=1S/C17H18O7/c1-17(2,20)11(18)8-23-16-14-10(6-7-22-14)13(21-3)9-4-5-12(19)24-15(9)16/h4-7,11,18,20H,8H2,1-3H3/t11-/m0/s1. The smallest absolute Gasteiger partial charge is 0.336 e. The SMILES string of the molecule is COc1c2ccoc2c(OC[C@H](O)C(C)(C)O)c2oc(=O)ccc12. The third-order valence-corrected chi connectivity index (χ3v) is 3.81. The number of aliphatic hydroxyl groups excluding tert-OH is 1. The first-order chi connectivity index (χ1) is 11.3. The molecule has 2 N–H and O–H groups in total. The number of rotatable bonds is 5. The second kappa shape index (κ2) is 5.85. The van der Waals surface area contributed by atoms with E-state index < -0.39 is 17.3 Å². The van der Waals surface area contributed by atoms with Crippen LogP contribution in [0.4, 0.5) is 0 Å². The third kappa shape index (κ3) is 2.72. The van der Waals surface area contributed by atoms with Crippen LogP contribution in [0.2, 0.25) is 0 Å². The molecule has 0 aliphatic heterocycles. The maximum Gasteiger partial charge on any atom is 0.336 e. The molecule has 24 heavy (non-hydrogen) atoms. The fourth-order valence-electron chi connectivity index (χ4n) is 2.39. The third-order valence-electron chi connectivity index (χ3n) is 3.81. The molecule has 1 atom stereocenters. The highest BCUT2D eigenvalue weighted by molar-refractivity contribution is 6.06. The van der Waals surface area contributed by atoms with Gasteiger partial charge in [0.2, 0.25) is 5.75 Å². The van der Waals surface area contributed by atoms with Gasteiger partial charge in [0.05, 0.1) is 29.7 Å². The van der Waals surface area contributed by atoms with Gasteiger partial charge in [0.1, 0.15) is 18.5 Å². The molecule has 3 aromatic rings. The van der Waals surface area contributed by atoms with Gasteiger partial charge in [-0.05, 0) is 26.0 Å². The first-order valence-corrected chi connectivity index (χ1v) is 7.37. The van der Waals surface area contributed by atoms with Crippen LogP contribution in [0.3, 0.4) is 0 Å². The molecule has 2 aromatic heterocycles. The summed E-state index contributed by atoms with van der Waals surface area (Å²) < 4.78 is 21.8. The van der Waals surface area contributed by atoms with Crippen LogP contribution in [-0.4, -0.2) is 35.6 Å². The molecule has 0 radical (unpaired) electrons. The molecule has 0 fully saturated rings. The van der Waals surface area contributed by atoms with E-state index in [1.54, 1.807) is 12.1 Å². The molecule has 0 bridgehead atoms. The summed E-state index contributed by atoms with van der Waals surface area (Å²) in [6.07, 6.45) is 0.318. The molecule has 0 aliphatic rings. The summed E-state index contributed by atoms with van der Waals surface area (Å²) in [7, 11) is 1.50. The van der Waals surface area contributed by atoms with Crippen LogP contribution in [0.15, 0.2) is 38.1 Å². The molecule has 128 valence electrons. The maximum atomic E-state index is 11.6. The lowest BCUT2D eigenvalue weighted by Gasteiger charge is -2.24. The summed E-state index contributed by atoms with van der Waals surface area (Å²) in [6, 6.07) is 4.57. The van der Waals surface area contributed by atoms with E-state index in [4.69, 9.17) is 18.3 Å². The average molecular weight is 334 g/mol. The molecule has 7 heteroatoms. The number of hydrogen-bond donors (Lipinski definition) is 2. The summed E-state index contributed by atoms with van der Waals surface area (Å²) in [6.45, 7) is 2.73. The first-order valence-electron chi connectivity index (χ1n) is 7.37. The van der Waals surface area contributed by atoms with Gasteiger partial charge < -0.3 is 28.5 Å². The molecule has 3 rings (SSSR count). The quantitative estimate of drug-likeness (QED) is 0.688. The van der Waals surface area contributed by atoms with E-state index >= 15 is 0 Å². The number of methoxy groups -OCH3 is 1. The normalized spacial score (nSPS) is 13.4. The molecule has 2 heterocycles. The van der Waals surface area contributed by atoms with Crippen LogP contribution in [0.5, 0.6) is 11.5 Å². The zero-order valence-electron chi connectivity index (χ0n) is 13.5. The van der Waals surface area contributed by atoms with E-state index in [2.05, 4.69) is 0 Å². The molecule has 1 aromatic carbocycles. The minimum absolute atomic E-state index is 0.157. The summed E-state index contributed by atoms with van der Waals surface area (Å²) >= 11 is 0. The van der Waals surface area contributed by atoms with Crippen molar-refractivity contribution in [1.82, 2.24) is 0 Å². The van der Waals surface area contributed by atoms with Gasteiger partial charge in [0.15, 0.2) is 11.2 Å². The Morgan fingerprint density at radius 1 is 1.17 bits per heavy atom. The summed E-state index contributed by atoms with van der Waals surface area (Å²) in [5.41, 5.74) is -1.41. The minimum atomic E-state index is -1.34. The van der Waals surface area contributed by atoms with Gasteiger partial charge in [0.25, 0.3) is 0 Å². The van der Waals surface area contributed by atoms with E-state index in [0.29, 0.717) is 22.1 Å². The van der Waals surface area contributed by atoms with Gasteiger partial charge >= 0.3 is 5.63 Å². The van der Waals surface area contributed by atoms with Crippen molar-refractivity contribution in [2.45, 2.75) is 25.6 Å². The highest BCUT2D eigenvalue weighted by Gasteiger charge is 2.27. The Morgan fingerprint density at radius 3 is 2.54 bits per heavy atom. The highest BCUT2D eigenvalue weighted by Crippen LogP contribution is 2.42. The van der Waals surface area contributed by atoms with Crippen molar-refractivity contribution in [3.63, 3.8) is 0 Å². The maximum absolute atomic E-state index is 11.6. The van der Waals surface area contributed by atoms with Gasteiger partial charge in [-0.1, -0.05) is 0 Å². The Kier molecular flexibility index (Phi) is 3.98. The second-order valence-corrected chi connectivity index (χ2v) is 6.00. The van der Waals surface area contributed by atoms with Crippen LogP contribution in [0.1, 0.15) is 13.8 Å². The number of benzene rings is 1. The topological polar surface area (TPSA) is 102 Å². The van der Waals surface area contributed by atoms with Gasteiger partial charge in [-0.25, -0.2) is 4.79 Å². The first kappa shape index (κ1) is 16.4. The summed E-state index contributed by atoms with van der Waals surface area (Å²) in [5.74, 6) is 0.666. The predicted octanol–water partition coefficient (Wildman–Crippen LogP) is 2.06. The van der Waals surface area contributed by atoms with Crippen molar-refractivity contribution in [2.75, 3.05) is 13.7 Å². The van der Waals surface area contributed by atoms with Crippen molar-refractivity contribution < 1.29 is 28.5 Å². The number of fused-ring (bicyclic) bond motifs is 2. The van der Waals surface area contributed by atoms with Crippen molar-refractivity contribution in [2.24, 2.45) is 0 Å². The molecule has 0 aliphatic carbocycles. The van der Waals surface area contributed by atoms with E-state index in [1.807, 2.05) is 0 Å². The van der Waals surface area contributed by atoms with E-state index in [9.17, 15) is 15.0 Å². The van der Waals surface area contributed by atoms with Crippen molar-refractivity contribution in [3.8, 4) is 11.5 Å². The molecule has 7 nitrogen and oxygen atoms in total. The monoisotopic (exact) mass is 334 g/mol. The van der Waals surface area contributed by atoms with Crippen LogP contribution in [0.25, 0.3) is 21.9 Å². The van der Waals surface area contributed by atoms with Crippen molar-refractivity contribution >= 4 is 21.9 Å². The highest BCUT2D eigenvalue weighted by atomic mass is 16.5. The van der Waals surface area contributed by atoms with Gasteiger partial charge in [-0.3, -0.25) is 0 Å². The van der Waals surface area contributed by atoms with Crippen molar-refractivity contribution in [1.29, 1.82) is 0 Å². The fourth-order valence-corrected chi connectivity index (χ4v) is 2.39. The Hall–Kier alpha value is -2.51. The predicted molar refractivity (Wildman–Crippen MR) is 86.6 cm³/mol. The van der Waals surface area contributed by atoms with Crippen LogP contribution in [-0.2, 0) is 0 Å². The molecule has 0 saturated carbocycles. The molecule has 0 saturated heterocycles. The lowest BCUT2D eigenvalue weighted by molar-refractivity contribution is -0.0660. The molecule has 0 unspecified atom stereocenters. The van der Waals surface area contributed by atoms with E-state index in [1.165, 1.54) is 33.3 Å². The Labute approximate surface area is 137 Å². The zero-order chi connectivity index (χ0) is 17.5. The number of furan rings is 1. The Balaban J connectivity index is 2.19. The molecular formula is C17H18O7. The minimum Gasteiger partial charge on any atom is -0.495 e. The lowest BCUT2D eigenvalue weighted by Crippen LogP contribution is -2.40. The number of aliphatic hydroxyl groups is 2. The van der Waals surface area contributed by atoms with Crippen molar-refractivity contribution in [3.05, 3.63) is 34.9 Å². The van der Waals surface area contributed by atoms with Gasteiger partial charge in [0, 0.05) is 6.07 Å². The van der Waals surface area contributed by atoms with E-state index in [0.717, 1.165) is 0 Å². The van der Waals surface area contributed by atoms with Gasteiger partial charge in [-0.2, -0.15) is 0 Å².